The Morgan fingerprint density at radius 3 is 2.70 bits per heavy atom. The number of halogens is 2. The molecular weight excluding hydrogens is 372 g/mol. The standard InChI is InChI=1S/C19H13F2N3O2S/c1-27-19-23-17(14(9-22)18(25)24-19)13-5-3-2-4-11(13)10-26-12-6-7-15(20)16(21)8-12/h2-8H,10H2,1H3,(H,23,24,25). The van der Waals surface area contributed by atoms with Crippen molar-refractivity contribution in [2.75, 3.05) is 6.26 Å². The van der Waals surface area contributed by atoms with Gasteiger partial charge in [-0.05, 0) is 24.0 Å². The molecule has 3 aromatic rings. The SMILES string of the molecule is CSc1nc(-c2ccccc2COc2ccc(F)c(F)c2)c(C#N)c(=O)[nH]1. The molecule has 0 atom stereocenters. The van der Waals surface area contributed by atoms with Crippen molar-refractivity contribution >= 4 is 11.8 Å². The second-order valence-electron chi connectivity index (χ2n) is 5.43. The van der Waals surface area contributed by atoms with Crippen LogP contribution in [0.4, 0.5) is 8.78 Å². The van der Waals surface area contributed by atoms with Crippen molar-refractivity contribution in [2.45, 2.75) is 11.8 Å². The molecule has 8 heteroatoms. The fraction of sp³-hybridized carbons (Fsp3) is 0.105. The average molecular weight is 385 g/mol. The highest BCUT2D eigenvalue weighted by molar-refractivity contribution is 7.98. The molecule has 0 fully saturated rings. The van der Waals surface area contributed by atoms with Crippen LogP contribution >= 0.6 is 11.8 Å². The van der Waals surface area contributed by atoms with Crippen LogP contribution < -0.4 is 10.3 Å². The van der Waals surface area contributed by atoms with Gasteiger partial charge in [0.1, 0.15) is 24.0 Å². The quantitative estimate of drug-likeness (QED) is 0.533. The molecule has 3 rings (SSSR count). The molecule has 0 aliphatic rings. The predicted molar refractivity (Wildman–Crippen MR) is 97.5 cm³/mol. The van der Waals surface area contributed by atoms with Crippen molar-refractivity contribution in [3.05, 3.63) is 75.6 Å². The Morgan fingerprint density at radius 2 is 2.00 bits per heavy atom. The second kappa shape index (κ2) is 8.01. The van der Waals surface area contributed by atoms with Gasteiger partial charge >= 0.3 is 0 Å². The Bertz CT molecular complexity index is 1090. The van der Waals surface area contributed by atoms with Gasteiger partial charge in [-0.2, -0.15) is 5.26 Å². The van der Waals surface area contributed by atoms with Gasteiger partial charge in [0.2, 0.25) is 0 Å². The number of aromatic amines is 1. The third-order valence-corrected chi connectivity index (χ3v) is 4.34. The number of benzene rings is 2. The normalized spacial score (nSPS) is 10.4. The number of thioether (sulfide) groups is 1. The summed E-state index contributed by atoms with van der Waals surface area (Å²) in [6, 6.07) is 12.1. The molecule has 0 spiro atoms. The number of nitriles is 1. The van der Waals surface area contributed by atoms with Crippen LogP contribution in [0.5, 0.6) is 5.75 Å². The number of rotatable bonds is 5. The summed E-state index contributed by atoms with van der Waals surface area (Å²) in [6.45, 7) is 0.0230. The topological polar surface area (TPSA) is 78.8 Å². The number of nitrogens with one attached hydrogen (secondary N) is 1. The van der Waals surface area contributed by atoms with Gasteiger partial charge in [-0.3, -0.25) is 4.79 Å². The molecular formula is C19H13F2N3O2S. The Balaban J connectivity index is 2.00. The van der Waals surface area contributed by atoms with E-state index in [1.165, 1.54) is 17.8 Å². The number of H-pyrrole nitrogens is 1. The molecule has 0 saturated heterocycles. The minimum Gasteiger partial charge on any atom is -0.489 e. The zero-order valence-corrected chi connectivity index (χ0v) is 14.9. The summed E-state index contributed by atoms with van der Waals surface area (Å²) >= 11 is 1.25. The van der Waals surface area contributed by atoms with E-state index in [0.29, 0.717) is 16.3 Å². The summed E-state index contributed by atoms with van der Waals surface area (Å²) in [5, 5.41) is 9.73. The zero-order valence-electron chi connectivity index (χ0n) is 14.1. The van der Waals surface area contributed by atoms with Crippen LogP contribution in [0.15, 0.2) is 52.4 Å². The lowest BCUT2D eigenvalue weighted by Gasteiger charge is -2.12. The summed E-state index contributed by atoms with van der Waals surface area (Å²) < 4.78 is 31.9. The summed E-state index contributed by atoms with van der Waals surface area (Å²) in [5.41, 5.74) is 0.813. The highest BCUT2D eigenvalue weighted by Crippen LogP contribution is 2.26. The molecule has 0 aliphatic heterocycles. The van der Waals surface area contributed by atoms with E-state index in [9.17, 15) is 18.8 Å². The van der Waals surface area contributed by atoms with Crippen LogP contribution in [0.3, 0.4) is 0 Å². The first-order valence-corrected chi connectivity index (χ1v) is 9.00. The molecule has 5 nitrogen and oxygen atoms in total. The van der Waals surface area contributed by atoms with Gasteiger partial charge in [0.25, 0.3) is 5.56 Å². The molecule has 1 aromatic heterocycles. The highest BCUT2D eigenvalue weighted by Gasteiger charge is 2.16. The lowest BCUT2D eigenvalue weighted by Crippen LogP contribution is -2.15. The minimum atomic E-state index is -1.01. The molecule has 0 aliphatic carbocycles. The van der Waals surface area contributed by atoms with E-state index in [4.69, 9.17) is 4.74 Å². The van der Waals surface area contributed by atoms with Crippen LogP contribution in [-0.4, -0.2) is 16.2 Å². The largest absolute Gasteiger partial charge is 0.489 e. The summed E-state index contributed by atoms with van der Waals surface area (Å²) in [7, 11) is 0. The van der Waals surface area contributed by atoms with Crippen molar-refractivity contribution in [1.82, 2.24) is 9.97 Å². The van der Waals surface area contributed by atoms with Crippen LogP contribution in [0.1, 0.15) is 11.1 Å². The van der Waals surface area contributed by atoms with E-state index in [1.807, 2.05) is 6.07 Å². The van der Waals surface area contributed by atoms with Gasteiger partial charge in [-0.1, -0.05) is 36.0 Å². The maximum atomic E-state index is 13.3. The molecule has 0 saturated carbocycles. The van der Waals surface area contributed by atoms with Gasteiger partial charge in [0.05, 0.1) is 5.69 Å². The van der Waals surface area contributed by atoms with Crippen molar-refractivity contribution < 1.29 is 13.5 Å². The molecule has 1 heterocycles. The smallest absolute Gasteiger partial charge is 0.270 e. The van der Waals surface area contributed by atoms with Crippen molar-refractivity contribution in [1.29, 1.82) is 5.26 Å². The molecule has 27 heavy (non-hydrogen) atoms. The van der Waals surface area contributed by atoms with E-state index in [0.717, 1.165) is 12.1 Å². The van der Waals surface area contributed by atoms with Crippen LogP contribution in [0, 0.1) is 23.0 Å². The third kappa shape index (κ3) is 3.99. The lowest BCUT2D eigenvalue weighted by atomic mass is 10.0. The van der Waals surface area contributed by atoms with Gasteiger partial charge < -0.3 is 9.72 Å². The molecule has 0 unspecified atom stereocenters. The monoisotopic (exact) mass is 385 g/mol. The van der Waals surface area contributed by atoms with Crippen LogP contribution in [-0.2, 0) is 6.61 Å². The van der Waals surface area contributed by atoms with E-state index >= 15 is 0 Å². The Hall–Kier alpha value is -3.18. The summed E-state index contributed by atoms with van der Waals surface area (Å²) in [4.78, 5) is 19.0. The lowest BCUT2D eigenvalue weighted by molar-refractivity contribution is 0.303. The molecule has 1 N–H and O–H groups in total. The van der Waals surface area contributed by atoms with Crippen LogP contribution in [0.25, 0.3) is 11.3 Å². The molecule has 2 aromatic carbocycles. The Labute approximate surface area is 157 Å². The summed E-state index contributed by atoms with van der Waals surface area (Å²) in [5.74, 6) is -1.81. The van der Waals surface area contributed by atoms with E-state index < -0.39 is 17.2 Å². The molecule has 0 radical (unpaired) electrons. The van der Waals surface area contributed by atoms with Crippen molar-refractivity contribution in [3.8, 4) is 23.1 Å². The molecule has 136 valence electrons. The van der Waals surface area contributed by atoms with Gasteiger partial charge in [-0.15, -0.1) is 0 Å². The molecule has 0 amide bonds. The fourth-order valence-corrected chi connectivity index (χ4v) is 2.83. The third-order valence-electron chi connectivity index (χ3n) is 3.76. The van der Waals surface area contributed by atoms with Crippen molar-refractivity contribution in [2.24, 2.45) is 0 Å². The second-order valence-corrected chi connectivity index (χ2v) is 6.23. The Morgan fingerprint density at radius 1 is 1.22 bits per heavy atom. The maximum absolute atomic E-state index is 13.3. The Kier molecular flexibility index (Phi) is 5.52. The van der Waals surface area contributed by atoms with Crippen molar-refractivity contribution in [3.63, 3.8) is 0 Å². The fourth-order valence-electron chi connectivity index (χ4n) is 2.45. The number of ether oxygens (including phenoxy) is 1. The zero-order chi connectivity index (χ0) is 19.4. The first-order chi connectivity index (χ1) is 13.0. The van der Waals surface area contributed by atoms with Crippen LogP contribution in [0.2, 0.25) is 0 Å². The summed E-state index contributed by atoms with van der Waals surface area (Å²) in [6.07, 6.45) is 1.76. The van der Waals surface area contributed by atoms with E-state index in [2.05, 4.69) is 9.97 Å². The van der Waals surface area contributed by atoms with Gasteiger partial charge in [-0.25, -0.2) is 13.8 Å². The number of hydrogen-bond donors (Lipinski definition) is 1. The number of aromatic nitrogens is 2. The highest BCUT2D eigenvalue weighted by atomic mass is 32.2. The number of hydrogen-bond acceptors (Lipinski definition) is 5. The average Bonchev–Trinajstić information content (AvgIpc) is 2.68. The first-order valence-electron chi connectivity index (χ1n) is 7.78. The van der Waals surface area contributed by atoms with Gasteiger partial charge in [0.15, 0.2) is 16.8 Å². The van der Waals surface area contributed by atoms with E-state index in [-0.39, 0.29) is 23.6 Å². The first kappa shape index (κ1) is 18.6. The molecule has 0 bridgehead atoms. The maximum Gasteiger partial charge on any atom is 0.270 e. The van der Waals surface area contributed by atoms with Gasteiger partial charge in [0, 0.05) is 11.6 Å². The predicted octanol–water partition coefficient (Wildman–Crippen LogP) is 3.89. The van der Waals surface area contributed by atoms with E-state index in [1.54, 1.807) is 30.5 Å². The minimum absolute atomic E-state index is 0.0230. The number of nitrogens with zero attached hydrogens (tertiary/aromatic N) is 2.